The molecule has 1 amide bonds. The number of hydrogen-bond acceptors (Lipinski definition) is 4. The highest BCUT2D eigenvalue weighted by atomic mass is 35.5. The van der Waals surface area contributed by atoms with Crippen LogP contribution in [0.2, 0.25) is 5.02 Å². The summed E-state index contributed by atoms with van der Waals surface area (Å²) in [5, 5.41) is 5.02. The summed E-state index contributed by atoms with van der Waals surface area (Å²) in [5.41, 5.74) is 0.629. The van der Waals surface area contributed by atoms with Gasteiger partial charge in [0.1, 0.15) is 0 Å². The summed E-state index contributed by atoms with van der Waals surface area (Å²) in [6.45, 7) is 4.80. The highest BCUT2D eigenvalue weighted by Gasteiger charge is 2.44. The highest BCUT2D eigenvalue weighted by Crippen LogP contribution is 2.41. The molecule has 7 heteroatoms. The van der Waals surface area contributed by atoms with E-state index >= 15 is 0 Å². The van der Waals surface area contributed by atoms with Gasteiger partial charge in [0.15, 0.2) is 0 Å². The summed E-state index contributed by atoms with van der Waals surface area (Å²) in [4.78, 5) is 19.5. The molecule has 144 valence electrons. The molecule has 2 aliphatic heterocycles. The van der Waals surface area contributed by atoms with E-state index in [-0.39, 0.29) is 18.0 Å². The normalized spacial score (nSPS) is 24.4. The Hall–Kier alpha value is -2.08. The molecule has 2 saturated heterocycles. The quantitative estimate of drug-likeness (QED) is 0.777. The number of aromatic nitrogens is 3. The topological polar surface area (TPSA) is 60.2 Å². The Kier molecular flexibility index (Phi) is 5.08. The Morgan fingerprint density at radius 2 is 1.96 bits per heavy atom. The van der Waals surface area contributed by atoms with Crippen LogP contribution in [0.1, 0.15) is 55.9 Å². The van der Waals surface area contributed by atoms with Crippen molar-refractivity contribution in [3.05, 3.63) is 41.3 Å². The van der Waals surface area contributed by atoms with Crippen molar-refractivity contribution in [2.45, 2.75) is 57.7 Å². The molecule has 2 aromatic rings. The lowest BCUT2D eigenvalue weighted by Crippen LogP contribution is -2.47. The number of fused-ring (bicyclic) bond motifs is 2. The van der Waals surface area contributed by atoms with Crippen LogP contribution in [-0.2, 0) is 0 Å². The molecule has 4 rings (SSSR count). The van der Waals surface area contributed by atoms with Crippen molar-refractivity contribution in [3.8, 4) is 5.88 Å². The second kappa shape index (κ2) is 7.50. The predicted molar refractivity (Wildman–Crippen MR) is 103 cm³/mol. The van der Waals surface area contributed by atoms with Crippen molar-refractivity contribution < 1.29 is 9.53 Å². The third-order valence-electron chi connectivity index (χ3n) is 5.43. The van der Waals surface area contributed by atoms with Gasteiger partial charge in [-0.1, -0.05) is 25.4 Å². The van der Waals surface area contributed by atoms with E-state index in [1.807, 2.05) is 16.9 Å². The van der Waals surface area contributed by atoms with Crippen molar-refractivity contribution in [1.82, 2.24) is 19.7 Å². The lowest BCUT2D eigenvalue weighted by atomic mass is 9.96. The number of carbonyl (C=O) groups is 1. The predicted octanol–water partition coefficient (Wildman–Crippen LogP) is 3.97. The number of carbonyl (C=O) groups excluding carboxylic acids is 1. The van der Waals surface area contributed by atoms with E-state index in [9.17, 15) is 4.79 Å². The fraction of sp³-hybridized carbons (Fsp3) is 0.550. The minimum absolute atomic E-state index is 0.0716. The number of hydrogen-bond donors (Lipinski definition) is 0. The van der Waals surface area contributed by atoms with Crippen molar-refractivity contribution in [2.24, 2.45) is 5.92 Å². The molecule has 2 aliphatic rings. The molecule has 0 aromatic carbocycles. The summed E-state index contributed by atoms with van der Waals surface area (Å²) in [6.07, 6.45) is 9.12. The molecule has 0 radical (unpaired) electrons. The fourth-order valence-electron chi connectivity index (χ4n) is 4.20. The van der Waals surface area contributed by atoms with E-state index in [1.54, 1.807) is 18.5 Å². The molecule has 0 aliphatic carbocycles. The van der Waals surface area contributed by atoms with Gasteiger partial charge in [0.05, 0.1) is 29.4 Å². The second-order valence-electron chi connectivity index (χ2n) is 7.95. The van der Waals surface area contributed by atoms with E-state index in [2.05, 4.69) is 28.8 Å². The lowest BCUT2D eigenvalue weighted by molar-refractivity contribution is 0.0523. The smallest absolute Gasteiger partial charge is 0.255 e. The average molecular weight is 389 g/mol. The fourth-order valence-corrected chi connectivity index (χ4v) is 4.35. The number of amides is 1. The van der Waals surface area contributed by atoms with Gasteiger partial charge in [-0.3, -0.25) is 9.48 Å². The van der Waals surface area contributed by atoms with Crippen LogP contribution in [-0.4, -0.2) is 44.3 Å². The van der Waals surface area contributed by atoms with Gasteiger partial charge in [0, 0.05) is 30.5 Å². The molecule has 2 aromatic heterocycles. The molecule has 27 heavy (non-hydrogen) atoms. The third-order valence-corrected chi connectivity index (χ3v) is 5.63. The zero-order chi connectivity index (χ0) is 19.0. The van der Waals surface area contributed by atoms with Crippen LogP contribution in [0.5, 0.6) is 5.88 Å². The number of pyridine rings is 1. The SMILES string of the molecule is CC(C)COc1ccc(C(=O)N2C3CCC2CC(n2cc(Cl)cn2)C3)cn1. The first-order valence-electron chi connectivity index (χ1n) is 9.62. The van der Waals surface area contributed by atoms with Gasteiger partial charge >= 0.3 is 0 Å². The Bertz CT molecular complexity index is 791. The maximum absolute atomic E-state index is 13.1. The third kappa shape index (κ3) is 3.81. The Balaban J connectivity index is 1.44. The van der Waals surface area contributed by atoms with Gasteiger partial charge in [-0.05, 0) is 37.7 Å². The molecule has 0 saturated carbocycles. The Morgan fingerprint density at radius 3 is 2.52 bits per heavy atom. The lowest BCUT2D eigenvalue weighted by Gasteiger charge is -2.39. The van der Waals surface area contributed by atoms with Crippen LogP contribution in [0, 0.1) is 5.92 Å². The molecule has 2 atom stereocenters. The summed E-state index contributed by atoms with van der Waals surface area (Å²) < 4.78 is 7.57. The number of rotatable bonds is 5. The first-order valence-corrected chi connectivity index (χ1v) is 10.00. The van der Waals surface area contributed by atoms with Gasteiger partial charge in [-0.15, -0.1) is 0 Å². The summed E-state index contributed by atoms with van der Waals surface area (Å²) in [6, 6.07) is 4.42. The highest BCUT2D eigenvalue weighted by molar-refractivity contribution is 6.30. The number of ether oxygens (including phenoxy) is 1. The average Bonchev–Trinajstić information content (AvgIpc) is 3.20. The zero-order valence-corrected chi connectivity index (χ0v) is 16.5. The minimum atomic E-state index is 0.0716. The van der Waals surface area contributed by atoms with Crippen LogP contribution in [0.4, 0.5) is 0 Å². The standard InChI is InChI=1S/C20H25ClN4O2/c1-13(2)12-27-19-6-3-14(9-22-19)20(26)25-16-4-5-17(25)8-18(7-16)24-11-15(21)10-23-24/h3,6,9-11,13,16-18H,4-5,7-8,12H2,1-2H3. The number of halogens is 1. The van der Waals surface area contributed by atoms with Crippen LogP contribution in [0.25, 0.3) is 0 Å². The van der Waals surface area contributed by atoms with Crippen LogP contribution < -0.4 is 4.74 Å². The van der Waals surface area contributed by atoms with Crippen molar-refractivity contribution in [3.63, 3.8) is 0 Å². The van der Waals surface area contributed by atoms with Crippen molar-refractivity contribution >= 4 is 17.5 Å². The summed E-state index contributed by atoms with van der Waals surface area (Å²) in [5.74, 6) is 1.08. The van der Waals surface area contributed by atoms with Crippen molar-refractivity contribution in [2.75, 3.05) is 6.61 Å². The van der Waals surface area contributed by atoms with Crippen molar-refractivity contribution in [1.29, 1.82) is 0 Å². The zero-order valence-electron chi connectivity index (χ0n) is 15.7. The molecule has 0 spiro atoms. The molecule has 4 heterocycles. The minimum Gasteiger partial charge on any atom is -0.477 e. The molecule has 2 bridgehead atoms. The second-order valence-corrected chi connectivity index (χ2v) is 8.39. The summed E-state index contributed by atoms with van der Waals surface area (Å²) >= 11 is 6.01. The van der Waals surface area contributed by atoms with E-state index in [0.717, 1.165) is 25.7 Å². The van der Waals surface area contributed by atoms with Crippen LogP contribution >= 0.6 is 11.6 Å². The largest absolute Gasteiger partial charge is 0.477 e. The molecular weight excluding hydrogens is 364 g/mol. The maximum atomic E-state index is 13.1. The molecule has 2 unspecified atom stereocenters. The molecule has 0 N–H and O–H groups in total. The van der Waals surface area contributed by atoms with Crippen LogP contribution in [0.15, 0.2) is 30.7 Å². The molecular formula is C20H25ClN4O2. The van der Waals surface area contributed by atoms with E-state index in [1.165, 1.54) is 0 Å². The number of piperidine rings is 1. The van der Waals surface area contributed by atoms with Crippen LogP contribution in [0.3, 0.4) is 0 Å². The first-order chi connectivity index (χ1) is 13.0. The first kappa shape index (κ1) is 18.3. The monoisotopic (exact) mass is 388 g/mol. The van der Waals surface area contributed by atoms with E-state index < -0.39 is 0 Å². The number of nitrogens with zero attached hydrogens (tertiary/aromatic N) is 4. The molecule has 2 fully saturated rings. The van der Waals surface area contributed by atoms with Gasteiger partial charge in [-0.2, -0.15) is 5.10 Å². The van der Waals surface area contributed by atoms with Gasteiger partial charge < -0.3 is 9.64 Å². The van der Waals surface area contributed by atoms with E-state index in [4.69, 9.17) is 16.3 Å². The Morgan fingerprint density at radius 1 is 1.22 bits per heavy atom. The molecule has 6 nitrogen and oxygen atoms in total. The van der Waals surface area contributed by atoms with Gasteiger partial charge in [-0.25, -0.2) is 4.98 Å². The summed E-state index contributed by atoms with van der Waals surface area (Å²) in [7, 11) is 0. The Labute approximate surface area is 164 Å². The van der Waals surface area contributed by atoms with Gasteiger partial charge in [0.2, 0.25) is 5.88 Å². The van der Waals surface area contributed by atoms with E-state index in [0.29, 0.717) is 35.0 Å². The maximum Gasteiger partial charge on any atom is 0.255 e. The van der Waals surface area contributed by atoms with Gasteiger partial charge in [0.25, 0.3) is 5.91 Å².